The molecule has 0 atom stereocenters. The van der Waals surface area contributed by atoms with E-state index in [1.54, 1.807) is 12.0 Å². The molecular weight excluding hydrogens is 388 g/mol. The first-order valence-corrected chi connectivity index (χ1v) is 10.7. The van der Waals surface area contributed by atoms with Gasteiger partial charge in [-0.25, -0.2) is 8.42 Å². The van der Waals surface area contributed by atoms with Crippen LogP contribution in [-0.4, -0.2) is 58.8 Å². The lowest BCUT2D eigenvalue weighted by Crippen LogP contribution is -2.49. The van der Waals surface area contributed by atoms with E-state index in [0.717, 1.165) is 17.7 Å². The second kappa shape index (κ2) is 7.78. The van der Waals surface area contributed by atoms with E-state index in [0.29, 0.717) is 26.2 Å². The lowest BCUT2D eigenvalue weighted by molar-refractivity contribution is 0.0746. The van der Waals surface area contributed by atoms with Crippen LogP contribution in [0, 0.1) is 0 Å². The molecule has 0 spiro atoms. The van der Waals surface area contributed by atoms with Gasteiger partial charge in [-0.1, -0.05) is 23.7 Å². The Bertz CT molecular complexity index is 954. The number of methoxy groups -OCH3 is 1. The fourth-order valence-electron chi connectivity index (χ4n) is 3.11. The van der Waals surface area contributed by atoms with Crippen molar-refractivity contribution in [1.82, 2.24) is 4.90 Å². The Hall–Kier alpha value is -2.25. The van der Waals surface area contributed by atoms with Crippen molar-refractivity contribution >= 4 is 33.0 Å². The molecule has 0 aliphatic carbocycles. The smallest absolute Gasteiger partial charge is 0.255 e. The standard InChI is InChI=1S/C19H21ClN2O4S/c1-26-18-6-4-3-5-17(18)21-9-11-22(12-10-21)19(23)15-13-14(27(2,24)25)7-8-16(15)20/h3-8,13H,9-12H2,1-2H3. The average Bonchev–Trinajstić information content (AvgIpc) is 2.67. The first kappa shape index (κ1) is 19.5. The van der Waals surface area contributed by atoms with Crippen LogP contribution in [0.4, 0.5) is 5.69 Å². The largest absolute Gasteiger partial charge is 0.495 e. The molecule has 2 aromatic rings. The van der Waals surface area contributed by atoms with E-state index in [9.17, 15) is 13.2 Å². The van der Waals surface area contributed by atoms with Gasteiger partial charge in [0.25, 0.3) is 5.91 Å². The number of rotatable bonds is 4. The number of hydrogen-bond donors (Lipinski definition) is 0. The molecule has 1 saturated heterocycles. The quantitative estimate of drug-likeness (QED) is 0.778. The Balaban J connectivity index is 1.76. The van der Waals surface area contributed by atoms with Crippen LogP contribution in [0.5, 0.6) is 5.75 Å². The van der Waals surface area contributed by atoms with Crippen molar-refractivity contribution in [2.24, 2.45) is 0 Å². The highest BCUT2D eigenvalue weighted by atomic mass is 35.5. The third-order valence-electron chi connectivity index (χ3n) is 4.59. The van der Waals surface area contributed by atoms with Gasteiger partial charge in [-0.15, -0.1) is 0 Å². The first-order chi connectivity index (χ1) is 12.8. The van der Waals surface area contributed by atoms with Crippen LogP contribution in [0.2, 0.25) is 5.02 Å². The molecule has 144 valence electrons. The maximum absolute atomic E-state index is 12.9. The highest BCUT2D eigenvalue weighted by molar-refractivity contribution is 7.90. The van der Waals surface area contributed by atoms with Crippen LogP contribution < -0.4 is 9.64 Å². The van der Waals surface area contributed by atoms with Gasteiger partial charge in [-0.3, -0.25) is 4.79 Å². The number of sulfone groups is 1. The fraction of sp³-hybridized carbons (Fsp3) is 0.316. The second-order valence-electron chi connectivity index (χ2n) is 6.36. The van der Waals surface area contributed by atoms with E-state index in [2.05, 4.69) is 4.90 Å². The van der Waals surface area contributed by atoms with Crippen molar-refractivity contribution in [3.63, 3.8) is 0 Å². The van der Waals surface area contributed by atoms with Gasteiger partial charge in [0.2, 0.25) is 0 Å². The van der Waals surface area contributed by atoms with E-state index >= 15 is 0 Å². The Morgan fingerprint density at radius 2 is 1.74 bits per heavy atom. The van der Waals surface area contributed by atoms with E-state index < -0.39 is 9.84 Å². The van der Waals surface area contributed by atoms with Crippen LogP contribution in [0.3, 0.4) is 0 Å². The number of anilines is 1. The SMILES string of the molecule is COc1ccccc1N1CCN(C(=O)c2cc(S(C)(=O)=O)ccc2Cl)CC1. The maximum Gasteiger partial charge on any atom is 0.255 e. The monoisotopic (exact) mass is 408 g/mol. The minimum Gasteiger partial charge on any atom is -0.495 e. The number of para-hydroxylation sites is 2. The predicted molar refractivity (Wildman–Crippen MR) is 106 cm³/mol. The van der Waals surface area contributed by atoms with Crippen LogP contribution in [-0.2, 0) is 9.84 Å². The summed E-state index contributed by atoms with van der Waals surface area (Å²) in [7, 11) is -1.78. The van der Waals surface area contributed by atoms with Gasteiger partial charge in [-0.2, -0.15) is 0 Å². The normalized spacial score (nSPS) is 14.9. The summed E-state index contributed by atoms with van der Waals surface area (Å²) in [5.41, 5.74) is 1.20. The van der Waals surface area contributed by atoms with Gasteiger partial charge < -0.3 is 14.5 Å². The molecular formula is C19H21ClN2O4S. The number of ether oxygens (including phenoxy) is 1. The van der Waals surface area contributed by atoms with Crippen molar-refractivity contribution in [1.29, 1.82) is 0 Å². The van der Waals surface area contributed by atoms with Crippen LogP contribution in [0.15, 0.2) is 47.4 Å². The summed E-state index contributed by atoms with van der Waals surface area (Å²) >= 11 is 6.16. The summed E-state index contributed by atoms with van der Waals surface area (Å²) in [6, 6.07) is 12.0. The number of benzene rings is 2. The minimum absolute atomic E-state index is 0.0860. The van der Waals surface area contributed by atoms with Gasteiger partial charge in [0.1, 0.15) is 5.75 Å². The summed E-state index contributed by atoms with van der Waals surface area (Å²) in [5, 5.41) is 0.250. The van der Waals surface area contributed by atoms with E-state index in [1.807, 2.05) is 24.3 Å². The number of amides is 1. The van der Waals surface area contributed by atoms with Crippen molar-refractivity contribution in [2.45, 2.75) is 4.90 Å². The number of nitrogens with zero attached hydrogens (tertiary/aromatic N) is 2. The van der Waals surface area contributed by atoms with Crippen LogP contribution in [0.1, 0.15) is 10.4 Å². The minimum atomic E-state index is -3.41. The first-order valence-electron chi connectivity index (χ1n) is 8.48. The van der Waals surface area contributed by atoms with Crippen molar-refractivity contribution in [3.05, 3.63) is 53.1 Å². The van der Waals surface area contributed by atoms with Crippen molar-refractivity contribution in [2.75, 3.05) is 44.4 Å². The predicted octanol–water partition coefficient (Wildman–Crippen LogP) is 2.71. The molecule has 0 N–H and O–H groups in total. The Kier molecular flexibility index (Phi) is 5.62. The lowest BCUT2D eigenvalue weighted by Gasteiger charge is -2.36. The number of carbonyl (C=O) groups excluding carboxylic acids is 1. The number of carbonyl (C=O) groups is 1. The molecule has 1 aliphatic heterocycles. The molecule has 2 aromatic carbocycles. The summed E-state index contributed by atoms with van der Waals surface area (Å²) in [5.74, 6) is 0.534. The van der Waals surface area contributed by atoms with E-state index in [4.69, 9.17) is 16.3 Å². The molecule has 1 fully saturated rings. The average molecular weight is 409 g/mol. The molecule has 0 bridgehead atoms. The van der Waals surface area contributed by atoms with Gasteiger partial charge >= 0.3 is 0 Å². The van der Waals surface area contributed by atoms with Crippen LogP contribution >= 0.6 is 11.6 Å². The Labute approximate surface area is 164 Å². The summed E-state index contributed by atoms with van der Waals surface area (Å²) in [6.07, 6.45) is 1.11. The summed E-state index contributed by atoms with van der Waals surface area (Å²) < 4.78 is 28.9. The molecule has 1 aliphatic rings. The molecule has 0 radical (unpaired) electrons. The Morgan fingerprint density at radius 3 is 2.37 bits per heavy atom. The van der Waals surface area contributed by atoms with Crippen LogP contribution in [0.25, 0.3) is 0 Å². The third kappa shape index (κ3) is 4.20. The molecule has 8 heteroatoms. The van der Waals surface area contributed by atoms with Crippen molar-refractivity contribution in [3.8, 4) is 5.75 Å². The zero-order valence-electron chi connectivity index (χ0n) is 15.2. The van der Waals surface area contributed by atoms with Gasteiger partial charge in [0.15, 0.2) is 9.84 Å². The molecule has 0 unspecified atom stereocenters. The fourth-order valence-corrected chi connectivity index (χ4v) is 3.96. The molecule has 0 aromatic heterocycles. The Morgan fingerprint density at radius 1 is 1.07 bits per heavy atom. The van der Waals surface area contributed by atoms with E-state index in [1.165, 1.54) is 18.2 Å². The van der Waals surface area contributed by atoms with Crippen molar-refractivity contribution < 1.29 is 17.9 Å². The van der Waals surface area contributed by atoms with Gasteiger partial charge in [-0.05, 0) is 30.3 Å². The zero-order valence-corrected chi connectivity index (χ0v) is 16.8. The molecule has 0 saturated carbocycles. The third-order valence-corrected chi connectivity index (χ3v) is 6.03. The molecule has 1 amide bonds. The zero-order chi connectivity index (χ0) is 19.6. The maximum atomic E-state index is 12.9. The number of piperazine rings is 1. The van der Waals surface area contributed by atoms with E-state index in [-0.39, 0.29) is 21.4 Å². The molecule has 1 heterocycles. The van der Waals surface area contributed by atoms with Gasteiger partial charge in [0.05, 0.1) is 28.3 Å². The molecule has 27 heavy (non-hydrogen) atoms. The topological polar surface area (TPSA) is 66.9 Å². The highest BCUT2D eigenvalue weighted by Gasteiger charge is 2.25. The lowest BCUT2D eigenvalue weighted by atomic mass is 10.1. The molecule has 3 rings (SSSR count). The highest BCUT2D eigenvalue weighted by Crippen LogP contribution is 2.29. The van der Waals surface area contributed by atoms with Gasteiger partial charge in [0, 0.05) is 32.4 Å². The summed E-state index contributed by atoms with van der Waals surface area (Å²) in [6.45, 7) is 2.32. The summed E-state index contributed by atoms with van der Waals surface area (Å²) in [4.78, 5) is 16.8. The number of hydrogen-bond acceptors (Lipinski definition) is 5. The number of halogens is 1. The second-order valence-corrected chi connectivity index (χ2v) is 8.79. The molecule has 6 nitrogen and oxygen atoms in total.